The number of methoxy groups -OCH3 is 1. The molecule has 0 unspecified atom stereocenters. The van der Waals surface area contributed by atoms with Crippen molar-refractivity contribution >= 4 is 38.8 Å². The molecule has 126 valence electrons. The maximum atomic E-state index is 12.4. The van der Waals surface area contributed by atoms with Gasteiger partial charge < -0.3 is 9.84 Å². The molecule has 2 N–H and O–H groups in total. The highest BCUT2D eigenvalue weighted by molar-refractivity contribution is 9.10. The molecule has 0 spiro atoms. The second kappa shape index (κ2) is 7.36. The van der Waals surface area contributed by atoms with Crippen molar-refractivity contribution in [3.8, 4) is 11.5 Å². The number of nitrogens with zero attached hydrogens (tertiary/aromatic N) is 1. The summed E-state index contributed by atoms with van der Waals surface area (Å²) in [5, 5.41) is 15.6. The fourth-order valence-corrected chi connectivity index (χ4v) is 2.79. The molecule has 5 nitrogen and oxygen atoms in total. The van der Waals surface area contributed by atoms with E-state index in [1.54, 1.807) is 24.3 Å². The molecule has 0 saturated carbocycles. The maximum Gasteiger partial charge on any atom is 0.275 e. The summed E-state index contributed by atoms with van der Waals surface area (Å²) in [6.45, 7) is 0. The number of aromatic hydroxyl groups is 1. The van der Waals surface area contributed by atoms with Crippen LogP contribution in [-0.2, 0) is 0 Å². The van der Waals surface area contributed by atoms with Gasteiger partial charge >= 0.3 is 0 Å². The van der Waals surface area contributed by atoms with Crippen molar-refractivity contribution in [3.05, 3.63) is 70.2 Å². The van der Waals surface area contributed by atoms with Gasteiger partial charge in [-0.15, -0.1) is 0 Å². The minimum atomic E-state index is -0.395. The minimum Gasteiger partial charge on any atom is -0.507 e. The fourth-order valence-electron chi connectivity index (χ4n) is 2.42. The molecule has 6 heteroatoms. The lowest BCUT2D eigenvalue weighted by Gasteiger charge is -2.09. The second-order valence-electron chi connectivity index (χ2n) is 5.30. The Morgan fingerprint density at radius 1 is 1.16 bits per heavy atom. The summed E-state index contributed by atoms with van der Waals surface area (Å²) in [6.07, 6.45) is 1.38. The van der Waals surface area contributed by atoms with Crippen LogP contribution in [0.1, 0.15) is 15.9 Å². The van der Waals surface area contributed by atoms with Crippen LogP contribution in [0.4, 0.5) is 0 Å². The Balaban J connectivity index is 1.84. The Labute approximate surface area is 153 Å². The van der Waals surface area contributed by atoms with Gasteiger partial charge in [-0.25, -0.2) is 5.43 Å². The number of halogens is 1. The molecule has 25 heavy (non-hydrogen) atoms. The number of hydrogen-bond acceptors (Lipinski definition) is 4. The monoisotopic (exact) mass is 398 g/mol. The number of benzene rings is 3. The number of nitrogens with one attached hydrogen (secondary N) is 1. The zero-order valence-electron chi connectivity index (χ0n) is 13.4. The van der Waals surface area contributed by atoms with Gasteiger partial charge in [0.2, 0.25) is 0 Å². The van der Waals surface area contributed by atoms with Crippen molar-refractivity contribution in [1.82, 2.24) is 5.43 Å². The molecule has 0 aliphatic carbocycles. The largest absolute Gasteiger partial charge is 0.507 e. The fraction of sp³-hybridized carbons (Fsp3) is 0.0526. The Morgan fingerprint density at radius 3 is 2.60 bits per heavy atom. The average Bonchev–Trinajstić information content (AvgIpc) is 2.63. The topological polar surface area (TPSA) is 70.9 Å². The third kappa shape index (κ3) is 3.80. The molecular formula is C19H15BrN2O3. The molecule has 1 amide bonds. The molecule has 0 heterocycles. The van der Waals surface area contributed by atoms with E-state index in [1.165, 1.54) is 13.3 Å². The lowest BCUT2D eigenvalue weighted by Crippen LogP contribution is -2.18. The maximum absolute atomic E-state index is 12.4. The van der Waals surface area contributed by atoms with E-state index < -0.39 is 5.91 Å². The normalized spacial score (nSPS) is 11.0. The Hall–Kier alpha value is -2.86. The first-order chi connectivity index (χ1) is 12.1. The van der Waals surface area contributed by atoms with E-state index in [1.807, 2.05) is 30.3 Å². The SMILES string of the molecule is COc1cc2ccccc2cc1C(=O)N/N=C/c1cc(Br)ccc1O. The van der Waals surface area contributed by atoms with Crippen LogP contribution in [0.2, 0.25) is 0 Å². The summed E-state index contributed by atoms with van der Waals surface area (Å²) in [7, 11) is 1.52. The third-order valence-electron chi connectivity index (χ3n) is 3.67. The lowest BCUT2D eigenvalue weighted by molar-refractivity contribution is 0.0952. The third-order valence-corrected chi connectivity index (χ3v) is 4.17. The Kier molecular flexibility index (Phi) is 5.00. The van der Waals surface area contributed by atoms with Crippen LogP contribution in [0.3, 0.4) is 0 Å². The molecule has 0 bridgehead atoms. The minimum absolute atomic E-state index is 0.0736. The number of hydrogen-bond donors (Lipinski definition) is 2. The van der Waals surface area contributed by atoms with Gasteiger partial charge in [0.1, 0.15) is 11.5 Å². The Bertz CT molecular complexity index is 970. The Morgan fingerprint density at radius 2 is 1.88 bits per heavy atom. The highest BCUT2D eigenvalue weighted by atomic mass is 79.9. The van der Waals surface area contributed by atoms with Crippen LogP contribution < -0.4 is 10.2 Å². The molecule has 3 aromatic rings. The number of phenolic OH excluding ortho intramolecular Hbond substituents is 1. The summed E-state index contributed by atoms with van der Waals surface area (Å²) in [4.78, 5) is 12.4. The van der Waals surface area contributed by atoms with Crippen LogP contribution in [0.25, 0.3) is 10.8 Å². The van der Waals surface area contributed by atoms with E-state index >= 15 is 0 Å². The van der Waals surface area contributed by atoms with Gasteiger partial charge in [0.05, 0.1) is 18.9 Å². The first-order valence-corrected chi connectivity index (χ1v) is 8.26. The summed E-state index contributed by atoms with van der Waals surface area (Å²) in [5.41, 5.74) is 3.33. The van der Waals surface area contributed by atoms with Crippen molar-refractivity contribution in [2.75, 3.05) is 7.11 Å². The predicted octanol–water partition coefficient (Wildman–Crippen LogP) is 4.08. The number of hydrazone groups is 1. The molecule has 0 fully saturated rings. The summed E-state index contributed by atoms with van der Waals surface area (Å²) >= 11 is 3.32. The summed E-state index contributed by atoms with van der Waals surface area (Å²) < 4.78 is 6.12. The highest BCUT2D eigenvalue weighted by Crippen LogP contribution is 2.26. The molecule has 0 aliphatic heterocycles. The van der Waals surface area contributed by atoms with Gasteiger partial charge in [0.25, 0.3) is 5.91 Å². The molecule has 0 saturated heterocycles. The van der Waals surface area contributed by atoms with E-state index in [0.29, 0.717) is 16.9 Å². The van der Waals surface area contributed by atoms with E-state index in [-0.39, 0.29) is 5.75 Å². The molecule has 3 aromatic carbocycles. The number of carbonyl (C=O) groups is 1. The second-order valence-corrected chi connectivity index (χ2v) is 6.22. The summed E-state index contributed by atoms with van der Waals surface area (Å²) in [5.74, 6) is 0.148. The first kappa shape index (κ1) is 17.0. The van der Waals surface area contributed by atoms with Crippen molar-refractivity contribution < 1.29 is 14.6 Å². The number of rotatable bonds is 4. The van der Waals surface area contributed by atoms with Gasteiger partial charge in [-0.05, 0) is 41.1 Å². The average molecular weight is 399 g/mol. The first-order valence-electron chi connectivity index (χ1n) is 7.47. The van der Waals surface area contributed by atoms with Crippen LogP contribution in [0.15, 0.2) is 64.2 Å². The zero-order valence-corrected chi connectivity index (χ0v) is 14.9. The number of fused-ring (bicyclic) bond motifs is 1. The number of carbonyl (C=O) groups excluding carboxylic acids is 1. The molecule has 3 rings (SSSR count). The molecule has 0 radical (unpaired) electrons. The number of ether oxygens (including phenoxy) is 1. The van der Waals surface area contributed by atoms with E-state index in [4.69, 9.17) is 4.74 Å². The van der Waals surface area contributed by atoms with Crippen LogP contribution in [-0.4, -0.2) is 24.3 Å². The van der Waals surface area contributed by atoms with E-state index in [2.05, 4.69) is 26.5 Å². The van der Waals surface area contributed by atoms with Gasteiger partial charge in [-0.2, -0.15) is 5.10 Å². The van der Waals surface area contributed by atoms with Crippen LogP contribution in [0.5, 0.6) is 11.5 Å². The van der Waals surface area contributed by atoms with Crippen molar-refractivity contribution in [2.24, 2.45) is 5.10 Å². The molecule has 0 aliphatic rings. The number of amides is 1. The van der Waals surface area contributed by atoms with Gasteiger partial charge in [0.15, 0.2) is 0 Å². The predicted molar refractivity (Wildman–Crippen MR) is 101 cm³/mol. The van der Waals surface area contributed by atoms with E-state index in [9.17, 15) is 9.90 Å². The zero-order chi connectivity index (χ0) is 17.8. The van der Waals surface area contributed by atoms with Crippen LogP contribution in [0, 0.1) is 0 Å². The summed E-state index contributed by atoms with van der Waals surface area (Å²) in [6, 6.07) is 16.2. The standard InChI is InChI=1S/C19H15BrN2O3/c1-25-18-10-13-5-3-2-4-12(13)9-16(18)19(24)22-21-11-14-8-15(20)6-7-17(14)23/h2-11,23H,1H3,(H,22,24)/b21-11+. The van der Waals surface area contributed by atoms with Crippen LogP contribution >= 0.6 is 15.9 Å². The van der Waals surface area contributed by atoms with Gasteiger partial charge in [0, 0.05) is 10.0 Å². The molecular weight excluding hydrogens is 384 g/mol. The molecule has 0 aromatic heterocycles. The lowest BCUT2D eigenvalue weighted by atomic mass is 10.1. The van der Waals surface area contributed by atoms with E-state index in [0.717, 1.165) is 15.2 Å². The van der Waals surface area contributed by atoms with Crippen molar-refractivity contribution in [1.29, 1.82) is 0 Å². The quantitative estimate of drug-likeness (QED) is 0.513. The van der Waals surface area contributed by atoms with Gasteiger partial charge in [-0.3, -0.25) is 4.79 Å². The molecule has 0 atom stereocenters. The van der Waals surface area contributed by atoms with Crippen molar-refractivity contribution in [2.45, 2.75) is 0 Å². The van der Waals surface area contributed by atoms with Crippen molar-refractivity contribution in [3.63, 3.8) is 0 Å². The number of phenols is 1. The smallest absolute Gasteiger partial charge is 0.275 e. The highest BCUT2D eigenvalue weighted by Gasteiger charge is 2.13. The van der Waals surface area contributed by atoms with Gasteiger partial charge in [-0.1, -0.05) is 40.2 Å².